The van der Waals surface area contributed by atoms with Gasteiger partial charge in [0.25, 0.3) is 5.91 Å². The number of rotatable bonds is 4. The molecule has 2 aromatic carbocycles. The number of amides is 1. The number of benzene rings is 2. The third kappa shape index (κ3) is 3.57. The summed E-state index contributed by atoms with van der Waals surface area (Å²) in [5.41, 5.74) is 0.117. The van der Waals surface area contributed by atoms with Gasteiger partial charge in [-0.15, -0.1) is 10.2 Å². The van der Waals surface area contributed by atoms with Gasteiger partial charge in [0.05, 0.1) is 13.1 Å². The van der Waals surface area contributed by atoms with E-state index in [0.29, 0.717) is 5.82 Å². The molecule has 1 unspecified atom stereocenters. The fourth-order valence-corrected chi connectivity index (χ4v) is 3.85. The summed E-state index contributed by atoms with van der Waals surface area (Å²) in [4.78, 5) is 14.5. The Kier molecular flexibility index (Phi) is 4.83. The number of halogens is 3. The van der Waals surface area contributed by atoms with Gasteiger partial charge in [-0.2, -0.15) is 4.80 Å². The van der Waals surface area contributed by atoms with Crippen molar-refractivity contribution in [3.63, 3.8) is 0 Å². The van der Waals surface area contributed by atoms with Crippen LogP contribution < -0.4 is 19.7 Å². The Morgan fingerprint density at radius 3 is 2.81 bits per heavy atom. The molecule has 0 radical (unpaired) electrons. The molecule has 32 heavy (non-hydrogen) atoms. The van der Waals surface area contributed by atoms with E-state index in [1.54, 1.807) is 11.9 Å². The van der Waals surface area contributed by atoms with E-state index in [1.165, 1.54) is 16.9 Å². The van der Waals surface area contributed by atoms with Crippen LogP contribution in [0.15, 0.2) is 24.3 Å². The number of hydrogen-bond donors (Lipinski definition) is 1. The molecule has 3 aromatic rings. The molecule has 0 saturated carbocycles. The molecule has 9 nitrogen and oxygen atoms in total. The van der Waals surface area contributed by atoms with Crippen molar-refractivity contribution in [2.45, 2.75) is 19.0 Å². The lowest BCUT2D eigenvalue weighted by Crippen LogP contribution is -2.45. The van der Waals surface area contributed by atoms with E-state index in [1.807, 2.05) is 0 Å². The Morgan fingerprint density at radius 1 is 1.19 bits per heavy atom. The molecule has 1 aromatic heterocycles. The maximum atomic E-state index is 15.2. The van der Waals surface area contributed by atoms with Gasteiger partial charge >= 0.3 is 0 Å². The van der Waals surface area contributed by atoms with Gasteiger partial charge < -0.3 is 19.7 Å². The minimum absolute atomic E-state index is 0.00365. The van der Waals surface area contributed by atoms with E-state index in [9.17, 15) is 13.6 Å². The lowest BCUT2D eigenvalue weighted by Gasteiger charge is -2.38. The summed E-state index contributed by atoms with van der Waals surface area (Å²) in [7, 11) is 1.61. The van der Waals surface area contributed by atoms with Crippen LogP contribution in [0.5, 0.6) is 11.5 Å². The first-order valence-electron chi connectivity index (χ1n) is 9.74. The zero-order chi connectivity index (χ0) is 22.4. The first-order valence-corrected chi connectivity index (χ1v) is 9.74. The van der Waals surface area contributed by atoms with Crippen LogP contribution in [0.4, 0.5) is 24.5 Å². The zero-order valence-corrected chi connectivity index (χ0v) is 16.8. The second-order valence-corrected chi connectivity index (χ2v) is 7.47. The second-order valence-electron chi connectivity index (χ2n) is 7.47. The number of nitrogens with one attached hydrogen (secondary N) is 1. The number of nitrogens with zero attached hydrogens (tertiary/aromatic N) is 5. The van der Waals surface area contributed by atoms with Gasteiger partial charge in [-0.25, -0.2) is 13.2 Å². The van der Waals surface area contributed by atoms with E-state index in [0.717, 1.165) is 12.1 Å². The number of aromatic nitrogens is 4. The number of carbonyl (C=O) groups is 1. The van der Waals surface area contributed by atoms with E-state index in [2.05, 4.69) is 20.7 Å². The number of tetrazole rings is 1. The predicted octanol–water partition coefficient (Wildman–Crippen LogP) is 1.97. The molecule has 166 valence electrons. The van der Waals surface area contributed by atoms with Crippen LogP contribution in [0, 0.1) is 17.5 Å². The number of anilines is 2. The van der Waals surface area contributed by atoms with E-state index in [4.69, 9.17) is 9.47 Å². The van der Waals surface area contributed by atoms with E-state index >= 15 is 4.39 Å². The first kappa shape index (κ1) is 20.1. The maximum absolute atomic E-state index is 15.2. The summed E-state index contributed by atoms with van der Waals surface area (Å²) < 4.78 is 54.7. The van der Waals surface area contributed by atoms with Crippen LogP contribution in [0.3, 0.4) is 0 Å². The fraction of sp³-hybridized carbons (Fsp3) is 0.300. The van der Waals surface area contributed by atoms with Crippen LogP contribution in [0.1, 0.15) is 11.4 Å². The Bertz CT molecular complexity index is 1220. The van der Waals surface area contributed by atoms with Gasteiger partial charge in [0, 0.05) is 30.7 Å². The average Bonchev–Trinajstić information content (AvgIpc) is 3.16. The Morgan fingerprint density at radius 2 is 2.03 bits per heavy atom. The molecule has 0 saturated heterocycles. The molecule has 2 aliphatic rings. The maximum Gasteiger partial charge on any atom is 0.262 e. The Labute approximate surface area is 179 Å². The molecule has 0 fully saturated rings. The highest BCUT2D eigenvalue weighted by Crippen LogP contribution is 2.40. The summed E-state index contributed by atoms with van der Waals surface area (Å²) in [5, 5.41) is 14.4. The number of hydrogen-bond acceptors (Lipinski definition) is 7. The summed E-state index contributed by atoms with van der Waals surface area (Å²) in [5.74, 6) is -2.17. The van der Waals surface area contributed by atoms with Crippen LogP contribution in [0.2, 0.25) is 0 Å². The van der Waals surface area contributed by atoms with Crippen molar-refractivity contribution < 1.29 is 27.4 Å². The van der Waals surface area contributed by atoms with Gasteiger partial charge in [-0.3, -0.25) is 4.79 Å². The lowest BCUT2D eigenvalue weighted by atomic mass is 10.0. The van der Waals surface area contributed by atoms with E-state index in [-0.39, 0.29) is 54.6 Å². The standard InChI is InChI=1S/C20H17F3N6O3/c1-28-26-16(25-27-28)6-12-8-31-15-5-11(21)4-13(22)20(15)29(12)7-10-2-3-14-19(18(10)23)24-17(30)9-32-14/h2-5,12H,6-9H2,1H3,(H,24,30). The molecule has 12 heteroatoms. The van der Waals surface area contributed by atoms with Gasteiger partial charge in [0.1, 0.15) is 35.3 Å². The van der Waals surface area contributed by atoms with Gasteiger partial charge in [0.15, 0.2) is 24.1 Å². The SMILES string of the molecule is Cn1nnc(CC2COc3cc(F)cc(F)c3N2Cc2ccc3c(c2F)NC(=O)CO3)n1. The first-order chi connectivity index (χ1) is 15.4. The Balaban J connectivity index is 1.54. The highest BCUT2D eigenvalue weighted by Gasteiger charge is 2.33. The minimum atomic E-state index is -0.841. The van der Waals surface area contributed by atoms with Crippen molar-refractivity contribution in [1.29, 1.82) is 0 Å². The van der Waals surface area contributed by atoms with Crippen LogP contribution >= 0.6 is 0 Å². The molecule has 0 bridgehead atoms. The topological polar surface area (TPSA) is 94.4 Å². The number of aryl methyl sites for hydroxylation is 1. The number of fused-ring (bicyclic) bond motifs is 2. The number of ether oxygens (including phenoxy) is 2. The molecule has 0 aliphatic carbocycles. The quantitative estimate of drug-likeness (QED) is 0.655. The molecular weight excluding hydrogens is 429 g/mol. The fourth-order valence-electron chi connectivity index (χ4n) is 3.85. The van der Waals surface area contributed by atoms with Crippen molar-refractivity contribution in [1.82, 2.24) is 20.2 Å². The molecule has 5 rings (SSSR count). The molecular formula is C20H17F3N6O3. The third-order valence-corrected chi connectivity index (χ3v) is 5.27. The summed E-state index contributed by atoms with van der Waals surface area (Å²) in [6.07, 6.45) is 0.233. The largest absolute Gasteiger partial charge is 0.489 e. The highest BCUT2D eigenvalue weighted by atomic mass is 19.1. The number of carbonyl (C=O) groups excluding carboxylic acids is 1. The highest BCUT2D eigenvalue weighted by molar-refractivity contribution is 5.95. The van der Waals surface area contributed by atoms with Gasteiger partial charge in [-0.1, -0.05) is 6.07 Å². The zero-order valence-electron chi connectivity index (χ0n) is 16.8. The van der Waals surface area contributed by atoms with Gasteiger partial charge in [-0.05, 0) is 11.3 Å². The molecule has 2 aliphatic heterocycles. The van der Waals surface area contributed by atoms with Crippen molar-refractivity contribution in [2.75, 3.05) is 23.4 Å². The van der Waals surface area contributed by atoms with Crippen LogP contribution in [0.25, 0.3) is 0 Å². The Hall–Kier alpha value is -3.83. The van der Waals surface area contributed by atoms with Gasteiger partial charge in [0.2, 0.25) is 0 Å². The normalized spacial score (nSPS) is 17.2. The van der Waals surface area contributed by atoms with Crippen LogP contribution in [-0.2, 0) is 24.8 Å². The van der Waals surface area contributed by atoms with Crippen molar-refractivity contribution in [2.24, 2.45) is 7.05 Å². The van der Waals surface area contributed by atoms with Crippen molar-refractivity contribution >= 4 is 17.3 Å². The summed E-state index contributed by atoms with van der Waals surface area (Å²) in [6.45, 7) is -0.216. The molecule has 0 spiro atoms. The second kappa shape index (κ2) is 7.70. The molecule has 1 N–H and O–H groups in total. The van der Waals surface area contributed by atoms with Crippen molar-refractivity contribution in [3.8, 4) is 11.5 Å². The third-order valence-electron chi connectivity index (χ3n) is 5.27. The average molecular weight is 446 g/mol. The smallest absolute Gasteiger partial charge is 0.262 e. The van der Waals surface area contributed by atoms with Crippen molar-refractivity contribution in [3.05, 3.63) is 53.1 Å². The summed E-state index contributed by atoms with van der Waals surface area (Å²) >= 11 is 0. The van der Waals surface area contributed by atoms with E-state index < -0.39 is 29.4 Å². The van der Waals surface area contributed by atoms with Crippen LogP contribution in [-0.4, -0.2) is 45.4 Å². The lowest BCUT2D eigenvalue weighted by molar-refractivity contribution is -0.118. The predicted molar refractivity (Wildman–Crippen MR) is 105 cm³/mol. The monoisotopic (exact) mass is 446 g/mol. The minimum Gasteiger partial charge on any atom is -0.489 e. The summed E-state index contributed by atoms with van der Waals surface area (Å²) in [6, 6.07) is 4.37. The molecule has 1 amide bonds. The molecule has 1 atom stereocenters. The molecule has 3 heterocycles.